The van der Waals surface area contributed by atoms with Crippen LogP contribution in [-0.4, -0.2) is 30.9 Å². The zero-order chi connectivity index (χ0) is 12.3. The van der Waals surface area contributed by atoms with Crippen LogP contribution in [0.15, 0.2) is 24.3 Å². The molecular weight excluding hydrogens is 214 g/mol. The van der Waals surface area contributed by atoms with Crippen LogP contribution >= 0.6 is 0 Å². The van der Waals surface area contributed by atoms with Gasteiger partial charge in [0.1, 0.15) is 5.75 Å². The summed E-state index contributed by atoms with van der Waals surface area (Å²) in [6, 6.07) is 7.60. The molecule has 1 aromatic carbocycles. The lowest BCUT2D eigenvalue weighted by Crippen LogP contribution is -2.40. The Balaban J connectivity index is 1.96. The molecule has 1 aromatic rings. The first-order valence-electron chi connectivity index (χ1n) is 6.14. The number of hydrogen-bond acceptors (Lipinski definition) is 3. The number of rotatable bonds is 4. The van der Waals surface area contributed by atoms with Crippen molar-refractivity contribution in [2.75, 3.05) is 20.3 Å². The molecule has 0 bridgehead atoms. The molecule has 0 aliphatic carbocycles. The Kier molecular flexibility index (Phi) is 3.69. The number of para-hydroxylation sites is 1. The highest BCUT2D eigenvalue weighted by Crippen LogP contribution is 2.29. The van der Waals surface area contributed by atoms with Crippen molar-refractivity contribution in [3.8, 4) is 5.75 Å². The lowest BCUT2D eigenvalue weighted by Gasteiger charge is -2.23. The Morgan fingerprint density at radius 1 is 1.47 bits per heavy atom. The third-order valence-electron chi connectivity index (χ3n) is 3.52. The van der Waals surface area contributed by atoms with E-state index in [2.05, 4.69) is 12.2 Å². The van der Waals surface area contributed by atoms with E-state index in [-0.39, 0.29) is 5.54 Å². The number of phenolic OH excluding ortho intramolecular Hbond substituents is 1. The van der Waals surface area contributed by atoms with Crippen LogP contribution in [0.1, 0.15) is 18.9 Å². The van der Waals surface area contributed by atoms with E-state index in [9.17, 15) is 5.11 Å². The van der Waals surface area contributed by atoms with Crippen molar-refractivity contribution in [2.24, 2.45) is 5.92 Å². The zero-order valence-corrected chi connectivity index (χ0v) is 10.6. The third kappa shape index (κ3) is 2.99. The number of phenols is 1. The van der Waals surface area contributed by atoms with Gasteiger partial charge in [0, 0.05) is 12.6 Å². The van der Waals surface area contributed by atoms with E-state index in [1.54, 1.807) is 13.2 Å². The highest BCUT2D eigenvalue weighted by Gasteiger charge is 2.34. The molecule has 94 valence electrons. The van der Waals surface area contributed by atoms with E-state index in [1.165, 1.54) is 0 Å². The number of benzene rings is 1. The van der Waals surface area contributed by atoms with Gasteiger partial charge in [0.25, 0.3) is 0 Å². The van der Waals surface area contributed by atoms with Crippen LogP contribution in [0.25, 0.3) is 0 Å². The average molecular weight is 235 g/mol. The molecule has 1 aliphatic rings. The van der Waals surface area contributed by atoms with Crippen molar-refractivity contribution in [3.63, 3.8) is 0 Å². The topological polar surface area (TPSA) is 41.5 Å². The van der Waals surface area contributed by atoms with Gasteiger partial charge in [-0.3, -0.25) is 0 Å². The molecule has 1 fully saturated rings. The molecular formula is C14H21NO2. The molecule has 3 nitrogen and oxygen atoms in total. The SMILES string of the molecule is COCC1(C)CC(Cc2ccccc2O)CN1. The summed E-state index contributed by atoms with van der Waals surface area (Å²) in [4.78, 5) is 0. The summed E-state index contributed by atoms with van der Waals surface area (Å²) in [5.74, 6) is 0.983. The van der Waals surface area contributed by atoms with E-state index < -0.39 is 0 Å². The monoisotopic (exact) mass is 235 g/mol. The smallest absolute Gasteiger partial charge is 0.118 e. The minimum Gasteiger partial charge on any atom is -0.508 e. The van der Waals surface area contributed by atoms with Crippen LogP contribution in [0.5, 0.6) is 5.75 Å². The van der Waals surface area contributed by atoms with Gasteiger partial charge in [-0.25, -0.2) is 0 Å². The van der Waals surface area contributed by atoms with E-state index in [1.807, 2.05) is 18.2 Å². The molecule has 0 amide bonds. The first-order chi connectivity index (χ1) is 8.13. The molecule has 1 heterocycles. The maximum atomic E-state index is 9.76. The molecule has 17 heavy (non-hydrogen) atoms. The number of aromatic hydroxyl groups is 1. The quantitative estimate of drug-likeness (QED) is 0.838. The Hall–Kier alpha value is -1.06. The van der Waals surface area contributed by atoms with Gasteiger partial charge in [-0.05, 0) is 43.9 Å². The maximum absolute atomic E-state index is 9.76. The Bertz CT molecular complexity index is 380. The summed E-state index contributed by atoms with van der Waals surface area (Å²) >= 11 is 0. The number of methoxy groups -OCH3 is 1. The van der Waals surface area contributed by atoms with E-state index in [4.69, 9.17) is 4.74 Å². The summed E-state index contributed by atoms with van der Waals surface area (Å²) < 4.78 is 5.24. The minimum absolute atomic E-state index is 0.0871. The number of ether oxygens (including phenoxy) is 1. The highest BCUT2D eigenvalue weighted by atomic mass is 16.5. The lowest BCUT2D eigenvalue weighted by molar-refractivity contribution is 0.128. The number of hydrogen-bond donors (Lipinski definition) is 2. The predicted molar refractivity (Wildman–Crippen MR) is 68.2 cm³/mol. The second-order valence-corrected chi connectivity index (χ2v) is 5.28. The fraction of sp³-hybridized carbons (Fsp3) is 0.571. The normalized spacial score (nSPS) is 28.5. The van der Waals surface area contributed by atoms with Crippen molar-refractivity contribution in [1.29, 1.82) is 0 Å². The van der Waals surface area contributed by atoms with E-state index in [0.29, 0.717) is 11.7 Å². The van der Waals surface area contributed by atoms with Crippen molar-refractivity contribution in [2.45, 2.75) is 25.3 Å². The summed E-state index contributed by atoms with van der Waals surface area (Å²) in [6.45, 7) is 3.93. The minimum atomic E-state index is 0.0871. The van der Waals surface area contributed by atoms with Crippen LogP contribution < -0.4 is 5.32 Å². The van der Waals surface area contributed by atoms with Crippen molar-refractivity contribution >= 4 is 0 Å². The van der Waals surface area contributed by atoms with Crippen LogP contribution in [0.4, 0.5) is 0 Å². The van der Waals surface area contributed by atoms with Crippen LogP contribution in [0.3, 0.4) is 0 Å². The van der Waals surface area contributed by atoms with Gasteiger partial charge in [0.15, 0.2) is 0 Å². The molecule has 2 unspecified atom stereocenters. The molecule has 1 saturated heterocycles. The lowest BCUT2D eigenvalue weighted by atomic mass is 9.91. The molecule has 2 N–H and O–H groups in total. The summed E-state index contributed by atoms with van der Waals surface area (Å²) in [6.07, 6.45) is 2.02. The second-order valence-electron chi connectivity index (χ2n) is 5.28. The van der Waals surface area contributed by atoms with Gasteiger partial charge in [0.05, 0.1) is 6.61 Å². The van der Waals surface area contributed by atoms with Gasteiger partial charge in [-0.2, -0.15) is 0 Å². The molecule has 1 aliphatic heterocycles. The van der Waals surface area contributed by atoms with Gasteiger partial charge in [-0.1, -0.05) is 18.2 Å². The number of nitrogens with one attached hydrogen (secondary N) is 1. The van der Waals surface area contributed by atoms with E-state index >= 15 is 0 Å². The summed E-state index contributed by atoms with van der Waals surface area (Å²) in [5.41, 5.74) is 1.13. The van der Waals surface area contributed by atoms with E-state index in [0.717, 1.165) is 31.6 Å². The van der Waals surface area contributed by atoms with Crippen LogP contribution in [0.2, 0.25) is 0 Å². The molecule has 2 atom stereocenters. The fourth-order valence-electron chi connectivity index (χ4n) is 2.74. The first kappa shape index (κ1) is 12.4. The molecule has 0 radical (unpaired) electrons. The van der Waals surface area contributed by atoms with Gasteiger partial charge < -0.3 is 15.2 Å². The Labute approximate surface area is 103 Å². The fourth-order valence-corrected chi connectivity index (χ4v) is 2.74. The molecule has 2 rings (SSSR count). The van der Waals surface area contributed by atoms with Gasteiger partial charge >= 0.3 is 0 Å². The van der Waals surface area contributed by atoms with Gasteiger partial charge in [-0.15, -0.1) is 0 Å². The first-order valence-corrected chi connectivity index (χ1v) is 6.14. The van der Waals surface area contributed by atoms with Gasteiger partial charge in [0.2, 0.25) is 0 Å². The molecule has 0 aromatic heterocycles. The van der Waals surface area contributed by atoms with Crippen molar-refractivity contribution in [3.05, 3.63) is 29.8 Å². The van der Waals surface area contributed by atoms with Crippen molar-refractivity contribution in [1.82, 2.24) is 5.32 Å². The maximum Gasteiger partial charge on any atom is 0.118 e. The standard InChI is InChI=1S/C14H21NO2/c1-14(10-17-2)8-11(9-15-14)7-12-5-3-4-6-13(12)16/h3-6,11,15-16H,7-10H2,1-2H3. The largest absolute Gasteiger partial charge is 0.508 e. The van der Waals surface area contributed by atoms with Crippen LogP contribution in [-0.2, 0) is 11.2 Å². The third-order valence-corrected chi connectivity index (χ3v) is 3.52. The molecule has 0 saturated carbocycles. The summed E-state index contributed by atoms with van der Waals surface area (Å²) in [5, 5.41) is 13.3. The summed E-state index contributed by atoms with van der Waals surface area (Å²) in [7, 11) is 1.74. The molecule has 0 spiro atoms. The Morgan fingerprint density at radius 2 is 2.24 bits per heavy atom. The zero-order valence-electron chi connectivity index (χ0n) is 10.6. The Morgan fingerprint density at radius 3 is 2.94 bits per heavy atom. The average Bonchev–Trinajstić information content (AvgIpc) is 2.64. The highest BCUT2D eigenvalue weighted by molar-refractivity contribution is 5.32. The molecule has 3 heteroatoms. The predicted octanol–water partition coefficient (Wildman–Crippen LogP) is 1.95. The van der Waals surface area contributed by atoms with Crippen molar-refractivity contribution < 1.29 is 9.84 Å². The van der Waals surface area contributed by atoms with Crippen LogP contribution in [0, 0.1) is 5.92 Å². The second kappa shape index (κ2) is 5.07.